The fraction of sp³-hybridized carbons (Fsp3) is 0.818. The van der Waals surface area contributed by atoms with Crippen molar-refractivity contribution in [2.24, 2.45) is 11.8 Å². The lowest BCUT2D eigenvalue weighted by atomic mass is 10.1. The number of carbonyl (C=O) groups excluding carboxylic acids is 1. The van der Waals surface area contributed by atoms with Crippen LogP contribution < -0.4 is 10.6 Å². The van der Waals surface area contributed by atoms with Crippen molar-refractivity contribution in [2.45, 2.75) is 32.7 Å². The van der Waals surface area contributed by atoms with Crippen molar-refractivity contribution in [3.05, 3.63) is 0 Å². The Morgan fingerprint density at radius 2 is 2.00 bits per heavy atom. The van der Waals surface area contributed by atoms with Gasteiger partial charge in [-0.05, 0) is 31.2 Å². The van der Waals surface area contributed by atoms with Gasteiger partial charge in [-0.15, -0.1) is 0 Å². The van der Waals surface area contributed by atoms with E-state index in [4.69, 9.17) is 5.11 Å². The summed E-state index contributed by atoms with van der Waals surface area (Å²) >= 11 is 0. The van der Waals surface area contributed by atoms with Crippen LogP contribution in [-0.2, 0) is 9.59 Å². The van der Waals surface area contributed by atoms with E-state index in [9.17, 15) is 9.59 Å². The molecule has 1 fully saturated rings. The highest BCUT2D eigenvalue weighted by Gasteiger charge is 2.24. The van der Waals surface area contributed by atoms with Gasteiger partial charge in [-0.2, -0.15) is 0 Å². The zero-order valence-electron chi connectivity index (χ0n) is 9.82. The number of carboxylic acids is 1. The van der Waals surface area contributed by atoms with Gasteiger partial charge in [-0.25, -0.2) is 4.79 Å². The molecule has 0 radical (unpaired) electrons. The van der Waals surface area contributed by atoms with Crippen LogP contribution in [0.1, 0.15) is 26.7 Å². The van der Waals surface area contributed by atoms with Crippen molar-refractivity contribution in [1.29, 1.82) is 0 Å². The molecule has 0 aliphatic heterocycles. The molecule has 1 aliphatic carbocycles. The minimum atomic E-state index is -0.981. The second kappa shape index (κ2) is 5.84. The van der Waals surface area contributed by atoms with Gasteiger partial charge in [0.1, 0.15) is 6.04 Å². The van der Waals surface area contributed by atoms with Gasteiger partial charge in [-0.3, -0.25) is 4.79 Å². The van der Waals surface area contributed by atoms with E-state index in [-0.39, 0.29) is 18.4 Å². The minimum Gasteiger partial charge on any atom is -0.480 e. The summed E-state index contributed by atoms with van der Waals surface area (Å²) < 4.78 is 0. The molecule has 0 aromatic carbocycles. The van der Waals surface area contributed by atoms with Crippen LogP contribution in [0.3, 0.4) is 0 Å². The van der Waals surface area contributed by atoms with E-state index in [2.05, 4.69) is 10.6 Å². The van der Waals surface area contributed by atoms with E-state index in [1.807, 2.05) is 0 Å². The van der Waals surface area contributed by atoms with Crippen molar-refractivity contribution >= 4 is 11.9 Å². The van der Waals surface area contributed by atoms with E-state index >= 15 is 0 Å². The van der Waals surface area contributed by atoms with Crippen LogP contribution in [0.25, 0.3) is 0 Å². The Morgan fingerprint density at radius 1 is 1.38 bits per heavy atom. The standard InChI is InChI=1S/C11H20N2O3/c1-7(2)10(11(15)16)13-9(14)6-12-5-8-3-4-8/h7-8,10,12H,3-6H2,1-2H3,(H,13,14)(H,15,16)/t10-/m0/s1. The van der Waals surface area contributed by atoms with Crippen molar-refractivity contribution in [3.63, 3.8) is 0 Å². The van der Waals surface area contributed by atoms with E-state index in [1.54, 1.807) is 13.8 Å². The second-order valence-electron chi connectivity index (χ2n) is 4.70. The highest BCUT2D eigenvalue weighted by molar-refractivity contribution is 5.84. The molecular formula is C11H20N2O3. The summed E-state index contributed by atoms with van der Waals surface area (Å²) in [6.45, 7) is 4.60. The van der Waals surface area contributed by atoms with Gasteiger partial charge < -0.3 is 15.7 Å². The Bertz CT molecular complexity index is 262. The topological polar surface area (TPSA) is 78.4 Å². The number of nitrogens with one attached hydrogen (secondary N) is 2. The lowest BCUT2D eigenvalue weighted by Gasteiger charge is -2.17. The molecule has 0 heterocycles. The Hall–Kier alpha value is -1.10. The third-order valence-electron chi connectivity index (χ3n) is 2.66. The summed E-state index contributed by atoms with van der Waals surface area (Å²) in [6.07, 6.45) is 2.47. The minimum absolute atomic E-state index is 0.107. The molecule has 92 valence electrons. The second-order valence-corrected chi connectivity index (χ2v) is 4.70. The Morgan fingerprint density at radius 3 is 2.44 bits per heavy atom. The van der Waals surface area contributed by atoms with Crippen LogP contribution in [0.2, 0.25) is 0 Å². The quantitative estimate of drug-likeness (QED) is 0.582. The molecule has 1 amide bonds. The first-order chi connectivity index (χ1) is 7.50. The maximum absolute atomic E-state index is 11.4. The average Bonchev–Trinajstić information content (AvgIpc) is 2.97. The normalized spacial score (nSPS) is 17.2. The van der Waals surface area contributed by atoms with Gasteiger partial charge >= 0.3 is 5.97 Å². The maximum atomic E-state index is 11.4. The molecule has 0 saturated heterocycles. The molecule has 16 heavy (non-hydrogen) atoms. The first kappa shape index (κ1) is 13.0. The molecular weight excluding hydrogens is 208 g/mol. The molecule has 1 atom stereocenters. The number of amides is 1. The zero-order chi connectivity index (χ0) is 12.1. The summed E-state index contributed by atoms with van der Waals surface area (Å²) in [5.41, 5.74) is 0. The Balaban J connectivity index is 2.21. The number of hydrogen-bond acceptors (Lipinski definition) is 3. The van der Waals surface area contributed by atoms with Gasteiger partial charge in [-0.1, -0.05) is 13.8 Å². The predicted molar refractivity (Wildman–Crippen MR) is 60.0 cm³/mol. The first-order valence-electron chi connectivity index (χ1n) is 5.73. The average molecular weight is 228 g/mol. The van der Waals surface area contributed by atoms with Gasteiger partial charge in [0.05, 0.1) is 6.54 Å². The van der Waals surface area contributed by atoms with Crippen molar-refractivity contribution < 1.29 is 14.7 Å². The van der Waals surface area contributed by atoms with Crippen LogP contribution in [-0.4, -0.2) is 36.1 Å². The highest BCUT2D eigenvalue weighted by atomic mass is 16.4. The molecule has 1 rings (SSSR count). The van der Waals surface area contributed by atoms with Gasteiger partial charge in [0.2, 0.25) is 5.91 Å². The van der Waals surface area contributed by atoms with E-state index in [0.29, 0.717) is 5.92 Å². The van der Waals surface area contributed by atoms with E-state index in [0.717, 1.165) is 6.54 Å². The summed E-state index contributed by atoms with van der Waals surface area (Å²) in [7, 11) is 0. The van der Waals surface area contributed by atoms with Crippen LogP contribution in [0.4, 0.5) is 0 Å². The van der Waals surface area contributed by atoms with Crippen LogP contribution in [0.15, 0.2) is 0 Å². The number of hydrogen-bond donors (Lipinski definition) is 3. The fourth-order valence-electron chi connectivity index (χ4n) is 1.45. The fourth-order valence-corrected chi connectivity index (χ4v) is 1.45. The maximum Gasteiger partial charge on any atom is 0.326 e. The van der Waals surface area contributed by atoms with Crippen molar-refractivity contribution in [2.75, 3.05) is 13.1 Å². The van der Waals surface area contributed by atoms with Gasteiger partial charge in [0.15, 0.2) is 0 Å². The molecule has 1 aliphatic rings. The molecule has 5 heteroatoms. The SMILES string of the molecule is CC(C)[C@H](NC(=O)CNCC1CC1)C(=O)O. The summed E-state index contributed by atoms with van der Waals surface area (Å²) in [5, 5.41) is 14.4. The lowest BCUT2D eigenvalue weighted by molar-refractivity contribution is -0.142. The smallest absolute Gasteiger partial charge is 0.326 e. The van der Waals surface area contributed by atoms with Crippen molar-refractivity contribution in [3.8, 4) is 0 Å². The van der Waals surface area contributed by atoms with Crippen LogP contribution in [0, 0.1) is 11.8 Å². The molecule has 0 aromatic rings. The number of carboxylic acid groups (broad SMARTS) is 1. The lowest BCUT2D eigenvalue weighted by Crippen LogP contribution is -2.47. The van der Waals surface area contributed by atoms with Crippen LogP contribution >= 0.6 is 0 Å². The third kappa shape index (κ3) is 4.61. The predicted octanol–water partition coefficient (Wildman–Crippen LogP) is 0.211. The molecule has 5 nitrogen and oxygen atoms in total. The largest absolute Gasteiger partial charge is 0.480 e. The number of aliphatic carboxylic acids is 1. The number of carbonyl (C=O) groups is 2. The number of rotatable bonds is 7. The first-order valence-corrected chi connectivity index (χ1v) is 5.73. The Kier molecular flexibility index (Phi) is 4.73. The monoisotopic (exact) mass is 228 g/mol. The molecule has 3 N–H and O–H groups in total. The Labute approximate surface area is 95.6 Å². The molecule has 0 unspecified atom stereocenters. The molecule has 0 spiro atoms. The van der Waals surface area contributed by atoms with Crippen LogP contribution in [0.5, 0.6) is 0 Å². The summed E-state index contributed by atoms with van der Waals surface area (Å²) in [4.78, 5) is 22.3. The van der Waals surface area contributed by atoms with Crippen molar-refractivity contribution in [1.82, 2.24) is 10.6 Å². The highest BCUT2D eigenvalue weighted by Crippen LogP contribution is 2.27. The van der Waals surface area contributed by atoms with E-state index in [1.165, 1.54) is 12.8 Å². The summed E-state index contributed by atoms with van der Waals surface area (Å²) in [5.74, 6) is -0.620. The van der Waals surface area contributed by atoms with Gasteiger partial charge in [0.25, 0.3) is 0 Å². The third-order valence-corrected chi connectivity index (χ3v) is 2.66. The molecule has 0 bridgehead atoms. The van der Waals surface area contributed by atoms with Gasteiger partial charge in [0, 0.05) is 0 Å². The molecule has 1 saturated carbocycles. The van der Waals surface area contributed by atoms with E-state index < -0.39 is 12.0 Å². The molecule has 0 aromatic heterocycles. The zero-order valence-corrected chi connectivity index (χ0v) is 9.82. The summed E-state index contributed by atoms with van der Waals surface area (Å²) in [6, 6.07) is -0.796.